The molecule has 29 heavy (non-hydrogen) atoms. The summed E-state index contributed by atoms with van der Waals surface area (Å²) in [5.74, 6) is 0.678. The van der Waals surface area contributed by atoms with E-state index >= 15 is 0 Å². The number of carbonyl (C=O) groups excluding carboxylic acids is 1. The van der Waals surface area contributed by atoms with Gasteiger partial charge in [-0.2, -0.15) is 0 Å². The number of hydrogen-bond acceptors (Lipinski definition) is 4. The van der Waals surface area contributed by atoms with E-state index < -0.39 is 10.0 Å². The number of hydrogen-bond donors (Lipinski definition) is 3. The monoisotopic (exact) mass is 417 g/mol. The molecule has 1 aliphatic rings. The van der Waals surface area contributed by atoms with Gasteiger partial charge >= 0.3 is 6.03 Å². The molecular weight excluding hydrogens is 390 g/mol. The topological polar surface area (TPSA) is 96.5 Å². The van der Waals surface area contributed by atoms with E-state index in [4.69, 9.17) is 4.74 Å². The van der Waals surface area contributed by atoms with Gasteiger partial charge in [0.15, 0.2) is 0 Å². The third kappa shape index (κ3) is 6.12. The van der Waals surface area contributed by atoms with Crippen LogP contribution < -0.4 is 20.1 Å². The fourth-order valence-corrected chi connectivity index (χ4v) is 4.38. The van der Waals surface area contributed by atoms with E-state index in [9.17, 15) is 13.2 Å². The number of urea groups is 1. The number of rotatable bonds is 7. The number of benzene rings is 2. The Morgan fingerprint density at radius 3 is 2.21 bits per heavy atom. The molecule has 1 saturated carbocycles. The summed E-state index contributed by atoms with van der Waals surface area (Å²) >= 11 is 0. The zero-order valence-electron chi connectivity index (χ0n) is 16.5. The second-order valence-corrected chi connectivity index (χ2v) is 8.70. The quantitative estimate of drug-likeness (QED) is 0.624. The Balaban J connectivity index is 1.58. The van der Waals surface area contributed by atoms with Gasteiger partial charge in [-0.3, -0.25) is 4.72 Å². The molecule has 0 heterocycles. The van der Waals surface area contributed by atoms with Crippen LogP contribution in [0.1, 0.15) is 39.0 Å². The first-order valence-corrected chi connectivity index (χ1v) is 11.4. The largest absolute Gasteiger partial charge is 0.494 e. The molecule has 2 aromatic rings. The highest BCUT2D eigenvalue weighted by Gasteiger charge is 2.17. The van der Waals surface area contributed by atoms with Crippen molar-refractivity contribution in [1.82, 2.24) is 5.32 Å². The van der Waals surface area contributed by atoms with Crippen LogP contribution in [-0.2, 0) is 10.0 Å². The van der Waals surface area contributed by atoms with Gasteiger partial charge in [0.2, 0.25) is 0 Å². The third-order valence-corrected chi connectivity index (χ3v) is 6.18. The molecule has 0 bridgehead atoms. The average molecular weight is 418 g/mol. The summed E-state index contributed by atoms with van der Waals surface area (Å²) in [6, 6.07) is 12.7. The Hall–Kier alpha value is -2.74. The molecule has 0 spiro atoms. The maximum absolute atomic E-state index is 12.6. The average Bonchev–Trinajstić information content (AvgIpc) is 2.70. The SMILES string of the molecule is CCOc1ccc(NS(=O)(=O)c2ccc(NC(=O)NC3CCCCC3)cc2)cc1. The molecule has 1 aliphatic carbocycles. The number of amides is 2. The predicted octanol–water partition coefficient (Wildman–Crippen LogP) is 4.34. The molecule has 0 saturated heterocycles. The summed E-state index contributed by atoms with van der Waals surface area (Å²) < 4.78 is 33.0. The van der Waals surface area contributed by atoms with Gasteiger partial charge in [0.25, 0.3) is 10.0 Å². The lowest BCUT2D eigenvalue weighted by molar-refractivity contribution is 0.244. The van der Waals surface area contributed by atoms with Gasteiger partial charge < -0.3 is 15.4 Å². The van der Waals surface area contributed by atoms with Crippen molar-refractivity contribution < 1.29 is 17.9 Å². The summed E-state index contributed by atoms with van der Waals surface area (Å²) in [6.07, 6.45) is 5.50. The molecule has 0 unspecified atom stereocenters. The number of carbonyl (C=O) groups is 1. The highest BCUT2D eigenvalue weighted by Crippen LogP contribution is 2.21. The number of sulfonamides is 1. The van der Waals surface area contributed by atoms with E-state index in [1.165, 1.54) is 18.6 Å². The molecule has 156 valence electrons. The maximum Gasteiger partial charge on any atom is 0.319 e. The van der Waals surface area contributed by atoms with Crippen LogP contribution in [0.25, 0.3) is 0 Å². The lowest BCUT2D eigenvalue weighted by Crippen LogP contribution is -2.39. The fraction of sp³-hybridized carbons (Fsp3) is 0.381. The molecule has 0 aliphatic heterocycles. The molecule has 2 amide bonds. The normalized spacial score (nSPS) is 14.8. The van der Waals surface area contributed by atoms with Crippen molar-refractivity contribution in [3.63, 3.8) is 0 Å². The molecule has 0 aromatic heterocycles. The number of nitrogens with one attached hydrogen (secondary N) is 3. The minimum atomic E-state index is -3.73. The molecule has 1 fully saturated rings. The molecule has 2 aromatic carbocycles. The summed E-state index contributed by atoms with van der Waals surface area (Å²) in [7, 11) is -3.73. The Labute approximate surface area is 171 Å². The van der Waals surface area contributed by atoms with Crippen molar-refractivity contribution in [1.29, 1.82) is 0 Å². The maximum atomic E-state index is 12.6. The first kappa shape index (κ1) is 21.0. The van der Waals surface area contributed by atoms with E-state index in [0.717, 1.165) is 25.7 Å². The predicted molar refractivity (Wildman–Crippen MR) is 114 cm³/mol. The van der Waals surface area contributed by atoms with E-state index in [1.54, 1.807) is 36.4 Å². The zero-order chi connectivity index (χ0) is 20.7. The van der Waals surface area contributed by atoms with Gasteiger partial charge in [0, 0.05) is 17.4 Å². The van der Waals surface area contributed by atoms with E-state index in [2.05, 4.69) is 15.4 Å². The Kier molecular flexibility index (Phi) is 6.98. The van der Waals surface area contributed by atoms with E-state index in [-0.39, 0.29) is 17.0 Å². The van der Waals surface area contributed by atoms with Crippen molar-refractivity contribution >= 4 is 27.4 Å². The Bertz CT molecular complexity index is 906. The first-order chi connectivity index (χ1) is 14.0. The fourth-order valence-electron chi connectivity index (χ4n) is 3.32. The van der Waals surface area contributed by atoms with Crippen LogP contribution in [0.3, 0.4) is 0 Å². The number of anilines is 2. The number of ether oxygens (including phenoxy) is 1. The Morgan fingerprint density at radius 2 is 1.59 bits per heavy atom. The van der Waals surface area contributed by atoms with Crippen LogP contribution >= 0.6 is 0 Å². The molecule has 3 N–H and O–H groups in total. The molecular formula is C21H27N3O4S. The van der Waals surface area contributed by atoms with Gasteiger partial charge in [-0.05, 0) is 68.3 Å². The van der Waals surface area contributed by atoms with Crippen LogP contribution in [-0.4, -0.2) is 27.1 Å². The van der Waals surface area contributed by atoms with Crippen molar-refractivity contribution in [3.8, 4) is 5.75 Å². The van der Waals surface area contributed by atoms with E-state index in [0.29, 0.717) is 23.7 Å². The van der Waals surface area contributed by atoms with Gasteiger partial charge in [0.05, 0.1) is 11.5 Å². The van der Waals surface area contributed by atoms with Crippen molar-refractivity contribution in [3.05, 3.63) is 48.5 Å². The zero-order valence-corrected chi connectivity index (χ0v) is 17.3. The summed E-state index contributed by atoms with van der Waals surface area (Å²) in [6.45, 7) is 2.43. The minimum Gasteiger partial charge on any atom is -0.494 e. The lowest BCUT2D eigenvalue weighted by Gasteiger charge is -2.22. The van der Waals surface area contributed by atoms with Gasteiger partial charge in [-0.15, -0.1) is 0 Å². The van der Waals surface area contributed by atoms with Crippen LogP contribution in [0.15, 0.2) is 53.4 Å². The smallest absolute Gasteiger partial charge is 0.319 e. The summed E-state index contributed by atoms with van der Waals surface area (Å²) in [5.41, 5.74) is 0.987. The molecule has 0 radical (unpaired) electrons. The lowest BCUT2D eigenvalue weighted by atomic mass is 9.96. The van der Waals surface area contributed by atoms with Gasteiger partial charge in [0.1, 0.15) is 5.75 Å². The molecule has 0 atom stereocenters. The van der Waals surface area contributed by atoms with Crippen molar-refractivity contribution in [2.24, 2.45) is 0 Å². The standard InChI is InChI=1S/C21H27N3O4S/c1-2-28-19-12-8-18(9-13-19)24-29(26,27)20-14-10-17(11-15-20)23-21(25)22-16-6-4-3-5-7-16/h8-16,24H,2-7H2,1H3,(H2,22,23,25). The van der Waals surface area contributed by atoms with Gasteiger partial charge in [-0.1, -0.05) is 19.3 Å². The van der Waals surface area contributed by atoms with Crippen LogP contribution in [0.4, 0.5) is 16.2 Å². The second kappa shape index (κ2) is 9.65. The minimum absolute atomic E-state index is 0.115. The molecule has 3 rings (SSSR count). The molecule has 8 heteroatoms. The van der Waals surface area contributed by atoms with E-state index in [1.807, 2.05) is 6.92 Å². The molecule has 7 nitrogen and oxygen atoms in total. The highest BCUT2D eigenvalue weighted by molar-refractivity contribution is 7.92. The van der Waals surface area contributed by atoms with Crippen molar-refractivity contribution in [2.45, 2.75) is 50.0 Å². The summed E-state index contributed by atoms with van der Waals surface area (Å²) in [4.78, 5) is 12.2. The van der Waals surface area contributed by atoms with Crippen LogP contribution in [0.5, 0.6) is 5.75 Å². The third-order valence-electron chi connectivity index (χ3n) is 4.78. The van der Waals surface area contributed by atoms with Crippen molar-refractivity contribution in [2.75, 3.05) is 16.6 Å². The van der Waals surface area contributed by atoms with Gasteiger partial charge in [-0.25, -0.2) is 13.2 Å². The first-order valence-electron chi connectivity index (χ1n) is 9.89. The van der Waals surface area contributed by atoms with Crippen LogP contribution in [0, 0.1) is 0 Å². The van der Waals surface area contributed by atoms with Crippen LogP contribution in [0.2, 0.25) is 0 Å². The summed E-state index contributed by atoms with van der Waals surface area (Å²) in [5, 5.41) is 5.72. The highest BCUT2D eigenvalue weighted by atomic mass is 32.2. The Morgan fingerprint density at radius 1 is 0.966 bits per heavy atom. The second-order valence-electron chi connectivity index (χ2n) is 7.02.